The van der Waals surface area contributed by atoms with Crippen molar-refractivity contribution in [3.63, 3.8) is 0 Å². The summed E-state index contributed by atoms with van der Waals surface area (Å²) in [5.74, 6) is -3.99. The predicted octanol–water partition coefficient (Wildman–Crippen LogP) is 1.89. The van der Waals surface area contributed by atoms with Crippen LogP contribution in [0.1, 0.15) is 5.56 Å². The third-order valence-corrected chi connectivity index (χ3v) is 1.31. The Morgan fingerprint density at radius 2 is 1.73 bits per heavy atom. The van der Waals surface area contributed by atoms with Crippen molar-refractivity contribution < 1.29 is 13.2 Å². The maximum absolute atomic E-state index is 12.5. The van der Waals surface area contributed by atoms with Crippen LogP contribution in [0.3, 0.4) is 0 Å². The monoisotopic (exact) mass is 160 g/mol. The summed E-state index contributed by atoms with van der Waals surface area (Å²) in [5, 5.41) is 0. The Balaban J connectivity index is 3.25. The van der Waals surface area contributed by atoms with Crippen molar-refractivity contribution in [2.45, 2.75) is 6.54 Å². The fourth-order valence-electron chi connectivity index (χ4n) is 0.702. The van der Waals surface area contributed by atoms with E-state index in [0.717, 1.165) is 12.1 Å². The van der Waals surface area contributed by atoms with Crippen LogP contribution in [0.4, 0.5) is 13.2 Å². The Bertz CT molecular complexity index is 273. The van der Waals surface area contributed by atoms with Gasteiger partial charge in [-0.15, -0.1) is 0 Å². The molecule has 1 nitrogen and oxygen atoms in total. The van der Waals surface area contributed by atoms with E-state index in [2.05, 4.69) is 0 Å². The smallest absolute Gasteiger partial charge is 0.194 e. The second-order valence-electron chi connectivity index (χ2n) is 2.01. The van der Waals surface area contributed by atoms with E-state index in [9.17, 15) is 13.2 Å². The molecular formula is C7H5F3N. The highest BCUT2D eigenvalue weighted by atomic mass is 19.2. The molecule has 0 aliphatic carbocycles. The van der Waals surface area contributed by atoms with Gasteiger partial charge >= 0.3 is 0 Å². The zero-order valence-corrected chi connectivity index (χ0v) is 5.50. The largest absolute Gasteiger partial charge is 0.253 e. The lowest BCUT2D eigenvalue weighted by molar-refractivity contribution is 0.441. The molecule has 0 atom stereocenters. The summed E-state index contributed by atoms with van der Waals surface area (Å²) in [7, 11) is 0. The van der Waals surface area contributed by atoms with E-state index in [-0.39, 0.29) is 12.1 Å². The Kier molecular flexibility index (Phi) is 2.14. The molecule has 59 valence electrons. The highest BCUT2D eigenvalue weighted by Crippen LogP contribution is 2.14. The average molecular weight is 160 g/mol. The van der Waals surface area contributed by atoms with Crippen molar-refractivity contribution >= 4 is 0 Å². The zero-order chi connectivity index (χ0) is 8.43. The van der Waals surface area contributed by atoms with Gasteiger partial charge in [-0.2, -0.15) is 0 Å². The second-order valence-corrected chi connectivity index (χ2v) is 2.01. The highest BCUT2D eigenvalue weighted by molar-refractivity contribution is 5.19. The van der Waals surface area contributed by atoms with Gasteiger partial charge < -0.3 is 0 Å². The lowest BCUT2D eigenvalue weighted by Gasteiger charge is -1.99. The molecule has 0 fully saturated rings. The first kappa shape index (κ1) is 8.07. The number of benzene rings is 1. The van der Waals surface area contributed by atoms with Crippen molar-refractivity contribution in [1.29, 1.82) is 0 Å². The molecule has 1 radical (unpaired) electrons. The Morgan fingerprint density at radius 1 is 1.09 bits per heavy atom. The van der Waals surface area contributed by atoms with Crippen LogP contribution in [-0.4, -0.2) is 0 Å². The molecule has 4 heteroatoms. The fraction of sp³-hybridized carbons (Fsp3) is 0.143. The molecule has 0 aliphatic rings. The van der Waals surface area contributed by atoms with Crippen LogP contribution in [0.5, 0.6) is 0 Å². The molecule has 1 aromatic carbocycles. The first-order chi connectivity index (χ1) is 5.16. The number of hydrogen-bond donors (Lipinski definition) is 0. The van der Waals surface area contributed by atoms with Gasteiger partial charge in [0.05, 0.1) is 0 Å². The normalized spacial score (nSPS) is 10.2. The first-order valence-electron chi connectivity index (χ1n) is 2.93. The average Bonchev–Trinajstić information content (AvgIpc) is 2.01. The van der Waals surface area contributed by atoms with Crippen LogP contribution in [0, 0.1) is 17.5 Å². The Labute approximate surface area is 61.6 Å². The first-order valence-corrected chi connectivity index (χ1v) is 2.93. The molecule has 0 amide bonds. The molecule has 0 unspecified atom stereocenters. The van der Waals surface area contributed by atoms with Gasteiger partial charge in [-0.3, -0.25) is 5.73 Å². The molecule has 1 aromatic rings. The quantitative estimate of drug-likeness (QED) is 0.560. The van der Waals surface area contributed by atoms with Crippen LogP contribution < -0.4 is 5.73 Å². The second kappa shape index (κ2) is 2.92. The minimum absolute atomic E-state index is 0.135. The van der Waals surface area contributed by atoms with Gasteiger partial charge in [0.1, 0.15) is 0 Å². The van der Waals surface area contributed by atoms with Gasteiger partial charge in [-0.25, -0.2) is 13.2 Å². The van der Waals surface area contributed by atoms with Crippen molar-refractivity contribution in [1.82, 2.24) is 5.73 Å². The summed E-state index contributed by atoms with van der Waals surface area (Å²) >= 11 is 0. The third-order valence-electron chi connectivity index (χ3n) is 1.31. The van der Waals surface area contributed by atoms with Gasteiger partial charge in [0.2, 0.25) is 0 Å². The van der Waals surface area contributed by atoms with Gasteiger partial charge in [0, 0.05) is 12.1 Å². The van der Waals surface area contributed by atoms with Crippen molar-refractivity contribution in [2.75, 3.05) is 0 Å². The maximum Gasteiger partial charge on any atom is 0.194 e. The van der Waals surface area contributed by atoms with E-state index >= 15 is 0 Å². The maximum atomic E-state index is 12.5. The van der Waals surface area contributed by atoms with Crippen LogP contribution in [0.25, 0.3) is 0 Å². The standard InChI is InChI=1S/C7H5F3N/c8-5-2-1-4(3-11)6(9)7(5)10/h1-2,11H,3H2. The van der Waals surface area contributed by atoms with Gasteiger partial charge in [0.25, 0.3) is 0 Å². The van der Waals surface area contributed by atoms with Crippen molar-refractivity contribution in [2.24, 2.45) is 0 Å². The van der Waals surface area contributed by atoms with Gasteiger partial charge in [-0.1, -0.05) is 6.07 Å². The zero-order valence-electron chi connectivity index (χ0n) is 5.50. The molecule has 11 heavy (non-hydrogen) atoms. The number of hydrogen-bond acceptors (Lipinski definition) is 0. The van der Waals surface area contributed by atoms with Crippen LogP contribution in [-0.2, 0) is 6.54 Å². The van der Waals surface area contributed by atoms with Gasteiger partial charge in [-0.05, 0) is 6.07 Å². The molecule has 0 saturated heterocycles. The van der Waals surface area contributed by atoms with E-state index in [0.29, 0.717) is 0 Å². The van der Waals surface area contributed by atoms with E-state index in [4.69, 9.17) is 5.73 Å². The molecular weight excluding hydrogens is 155 g/mol. The molecule has 0 bridgehead atoms. The third kappa shape index (κ3) is 1.35. The SMILES string of the molecule is [NH]Cc1ccc(F)c(F)c1F. The summed E-state index contributed by atoms with van der Waals surface area (Å²) in [6.45, 7) is -0.386. The molecule has 0 saturated carbocycles. The minimum atomic E-state index is -1.50. The number of rotatable bonds is 1. The highest BCUT2D eigenvalue weighted by Gasteiger charge is 2.11. The van der Waals surface area contributed by atoms with E-state index in [1.807, 2.05) is 0 Å². The molecule has 0 aromatic heterocycles. The Morgan fingerprint density at radius 3 is 2.27 bits per heavy atom. The summed E-state index contributed by atoms with van der Waals surface area (Å²) < 4.78 is 37.1. The Hall–Kier alpha value is -1.03. The van der Waals surface area contributed by atoms with Crippen LogP contribution in [0.15, 0.2) is 12.1 Å². The molecule has 0 aliphatic heterocycles. The fourth-order valence-corrected chi connectivity index (χ4v) is 0.702. The number of nitrogens with one attached hydrogen (secondary N) is 1. The van der Waals surface area contributed by atoms with Gasteiger partial charge in [0.15, 0.2) is 17.5 Å². The van der Waals surface area contributed by atoms with Crippen LogP contribution >= 0.6 is 0 Å². The summed E-state index contributed by atoms with van der Waals surface area (Å²) in [4.78, 5) is 0. The summed E-state index contributed by atoms with van der Waals surface area (Å²) in [6, 6.07) is 1.86. The van der Waals surface area contributed by atoms with Crippen molar-refractivity contribution in [3.8, 4) is 0 Å². The summed E-state index contributed by atoms with van der Waals surface area (Å²) in [6.07, 6.45) is 0. The lowest BCUT2D eigenvalue weighted by Crippen LogP contribution is -1.97. The van der Waals surface area contributed by atoms with E-state index in [1.54, 1.807) is 0 Å². The predicted molar refractivity (Wildman–Crippen MR) is 33.1 cm³/mol. The molecule has 1 rings (SSSR count). The summed E-state index contributed by atoms with van der Waals surface area (Å²) in [5.41, 5.74) is 6.59. The minimum Gasteiger partial charge on any atom is -0.253 e. The molecule has 0 heterocycles. The van der Waals surface area contributed by atoms with Crippen LogP contribution in [0.2, 0.25) is 0 Å². The molecule has 0 spiro atoms. The van der Waals surface area contributed by atoms with E-state index < -0.39 is 17.5 Å². The van der Waals surface area contributed by atoms with E-state index in [1.165, 1.54) is 0 Å². The van der Waals surface area contributed by atoms with Crippen molar-refractivity contribution in [3.05, 3.63) is 35.1 Å². The lowest BCUT2D eigenvalue weighted by atomic mass is 10.2. The topological polar surface area (TPSA) is 23.8 Å². The molecule has 1 N–H and O–H groups in total. The number of halogens is 3.